The number of piperidine rings is 1. The Morgan fingerprint density at radius 2 is 1.94 bits per heavy atom. The Labute approximate surface area is 202 Å². The van der Waals surface area contributed by atoms with Crippen molar-refractivity contribution in [2.45, 2.75) is 37.5 Å². The van der Waals surface area contributed by atoms with Gasteiger partial charge in [0.1, 0.15) is 12.6 Å². The minimum atomic E-state index is -4.60. The number of carbonyl (C=O) groups excluding carboxylic acids is 2. The highest BCUT2D eigenvalue weighted by Gasteiger charge is 2.39. The predicted octanol–water partition coefficient (Wildman–Crippen LogP) is 2.00. The van der Waals surface area contributed by atoms with E-state index in [4.69, 9.17) is 0 Å². The summed E-state index contributed by atoms with van der Waals surface area (Å²) in [5.41, 5.74) is 1.78. The number of urea groups is 1. The molecule has 5 rings (SSSR count). The van der Waals surface area contributed by atoms with Crippen LogP contribution in [0.15, 0.2) is 41.6 Å². The van der Waals surface area contributed by atoms with Crippen molar-refractivity contribution in [3.05, 3.63) is 53.0 Å². The summed E-state index contributed by atoms with van der Waals surface area (Å²) in [6.07, 6.45) is 0.592. The number of carbonyl (C=O) groups is 2. The Balaban J connectivity index is 1.27. The van der Waals surface area contributed by atoms with Crippen LogP contribution in [-0.2, 0) is 4.79 Å². The average molecular weight is 504 g/mol. The van der Waals surface area contributed by atoms with Crippen LogP contribution in [0, 0.1) is 0 Å². The van der Waals surface area contributed by atoms with E-state index in [2.05, 4.69) is 25.5 Å². The molecule has 3 aromatic heterocycles. The van der Waals surface area contributed by atoms with E-state index in [1.165, 1.54) is 11.1 Å². The lowest BCUT2D eigenvalue weighted by atomic mass is 9.99. The first-order valence-electron chi connectivity index (χ1n) is 11.4. The molecule has 0 aromatic carbocycles. The van der Waals surface area contributed by atoms with E-state index in [0.29, 0.717) is 53.3 Å². The molecule has 190 valence electrons. The van der Waals surface area contributed by atoms with E-state index in [-0.39, 0.29) is 18.2 Å². The van der Waals surface area contributed by atoms with Gasteiger partial charge >= 0.3 is 17.9 Å². The second-order valence-corrected chi connectivity index (χ2v) is 8.80. The van der Waals surface area contributed by atoms with Crippen LogP contribution in [0.4, 0.5) is 18.0 Å². The first-order valence-corrected chi connectivity index (χ1v) is 11.4. The van der Waals surface area contributed by atoms with Crippen molar-refractivity contribution in [2.24, 2.45) is 0 Å². The normalized spacial score (nSPS) is 19.6. The van der Waals surface area contributed by atoms with Crippen LogP contribution in [0.25, 0.3) is 16.7 Å². The average Bonchev–Trinajstić information content (AvgIpc) is 3.48. The number of hydrogen-bond acceptors (Lipinski definition) is 5. The highest BCUT2D eigenvalue weighted by Crippen LogP contribution is 2.28. The van der Waals surface area contributed by atoms with Gasteiger partial charge < -0.3 is 15.1 Å². The molecule has 3 N–H and O–H groups in total. The SMILES string of the molecule is O=C1C(NC(=O)N2CCC(n3c(=O)[nH]c4ncccc43)CC2)CC(c2ccn[nH]2)=CN1CC(F)(F)F. The van der Waals surface area contributed by atoms with Gasteiger partial charge in [-0.15, -0.1) is 0 Å². The molecule has 11 nitrogen and oxygen atoms in total. The minimum absolute atomic E-state index is 0.0231. The van der Waals surface area contributed by atoms with E-state index in [0.717, 1.165) is 6.20 Å². The number of imidazole rings is 1. The lowest BCUT2D eigenvalue weighted by Gasteiger charge is -2.35. The van der Waals surface area contributed by atoms with Crippen molar-refractivity contribution in [3.63, 3.8) is 0 Å². The van der Waals surface area contributed by atoms with Gasteiger partial charge in [-0.1, -0.05) is 0 Å². The van der Waals surface area contributed by atoms with Crippen molar-refractivity contribution in [2.75, 3.05) is 19.6 Å². The van der Waals surface area contributed by atoms with E-state index in [1.807, 2.05) is 0 Å². The number of likely N-dealkylation sites (tertiary alicyclic amines) is 1. The molecule has 0 saturated carbocycles. The van der Waals surface area contributed by atoms with Crippen LogP contribution in [0.3, 0.4) is 0 Å². The third-order valence-corrected chi connectivity index (χ3v) is 6.42. The number of nitrogens with one attached hydrogen (secondary N) is 3. The lowest BCUT2D eigenvalue weighted by Crippen LogP contribution is -2.55. The van der Waals surface area contributed by atoms with Crippen LogP contribution in [0.2, 0.25) is 0 Å². The molecular formula is C22H23F3N8O3. The molecule has 0 spiro atoms. The van der Waals surface area contributed by atoms with Crippen LogP contribution in [0.1, 0.15) is 31.0 Å². The van der Waals surface area contributed by atoms with Crippen LogP contribution in [-0.4, -0.2) is 78.3 Å². The molecule has 0 aliphatic carbocycles. The standard InChI is InChI=1S/C22H23F3N8O3/c23-22(24,25)12-32-11-13(15-3-7-27-30-15)10-16(19(32)34)28-20(35)31-8-4-14(5-9-31)33-17-2-1-6-26-18(17)29-21(33)36/h1-3,6-7,11,14,16H,4-5,8-10,12H2,(H,27,30)(H,28,35)(H,26,29,36). The third kappa shape index (κ3) is 4.70. The largest absolute Gasteiger partial charge is 0.406 e. The molecule has 1 fully saturated rings. The number of fused-ring (bicyclic) bond motifs is 1. The maximum atomic E-state index is 13.1. The molecule has 3 amide bonds. The highest BCUT2D eigenvalue weighted by molar-refractivity contribution is 5.92. The third-order valence-electron chi connectivity index (χ3n) is 6.42. The van der Waals surface area contributed by atoms with E-state index in [1.54, 1.807) is 29.0 Å². The molecule has 1 atom stereocenters. The molecule has 14 heteroatoms. The van der Waals surface area contributed by atoms with Gasteiger partial charge in [-0.3, -0.25) is 19.4 Å². The number of halogens is 3. The zero-order chi connectivity index (χ0) is 25.4. The van der Waals surface area contributed by atoms with Gasteiger partial charge in [-0.05, 0) is 36.6 Å². The van der Waals surface area contributed by atoms with Gasteiger partial charge in [0.2, 0.25) is 5.91 Å². The monoisotopic (exact) mass is 504 g/mol. The summed E-state index contributed by atoms with van der Waals surface area (Å²) >= 11 is 0. The number of aromatic nitrogens is 5. The van der Waals surface area contributed by atoms with Crippen molar-refractivity contribution < 1.29 is 22.8 Å². The summed E-state index contributed by atoms with van der Waals surface area (Å²) in [6.45, 7) is -0.839. The molecule has 0 radical (unpaired) electrons. The summed E-state index contributed by atoms with van der Waals surface area (Å²) in [6, 6.07) is 3.27. The van der Waals surface area contributed by atoms with Gasteiger partial charge in [0.25, 0.3) is 0 Å². The number of aromatic amines is 2. The zero-order valence-electron chi connectivity index (χ0n) is 19.0. The highest BCUT2D eigenvalue weighted by atomic mass is 19.4. The van der Waals surface area contributed by atoms with Gasteiger partial charge in [-0.25, -0.2) is 14.6 Å². The van der Waals surface area contributed by atoms with E-state index in [9.17, 15) is 27.6 Å². The molecule has 36 heavy (non-hydrogen) atoms. The number of rotatable bonds is 4. The smallest absolute Gasteiger partial charge is 0.326 e. The van der Waals surface area contributed by atoms with Crippen LogP contribution in [0.5, 0.6) is 0 Å². The number of hydrogen-bond donors (Lipinski definition) is 3. The number of nitrogens with zero attached hydrogens (tertiary/aromatic N) is 5. The molecule has 2 aliphatic rings. The molecule has 5 heterocycles. The van der Waals surface area contributed by atoms with Gasteiger partial charge in [0, 0.05) is 44.1 Å². The van der Waals surface area contributed by atoms with Crippen molar-refractivity contribution in [3.8, 4) is 0 Å². The Hall–Kier alpha value is -4.10. The predicted molar refractivity (Wildman–Crippen MR) is 121 cm³/mol. The summed E-state index contributed by atoms with van der Waals surface area (Å²) in [7, 11) is 0. The van der Waals surface area contributed by atoms with E-state index >= 15 is 0 Å². The maximum Gasteiger partial charge on any atom is 0.406 e. The number of alkyl halides is 3. The molecule has 1 unspecified atom stereocenters. The first-order chi connectivity index (χ1) is 17.2. The second-order valence-electron chi connectivity index (χ2n) is 8.80. The first kappa shape index (κ1) is 23.6. The molecule has 3 aromatic rings. The van der Waals surface area contributed by atoms with Gasteiger partial charge in [-0.2, -0.15) is 18.3 Å². The summed E-state index contributed by atoms with van der Waals surface area (Å²) in [5.74, 6) is -0.836. The van der Waals surface area contributed by atoms with Crippen LogP contribution >= 0.6 is 0 Å². The summed E-state index contributed by atoms with van der Waals surface area (Å²) < 4.78 is 40.9. The second kappa shape index (κ2) is 9.17. The summed E-state index contributed by atoms with van der Waals surface area (Å²) in [4.78, 5) is 47.2. The van der Waals surface area contributed by atoms with Crippen molar-refractivity contribution in [1.82, 2.24) is 39.8 Å². The lowest BCUT2D eigenvalue weighted by molar-refractivity contribution is -0.157. The van der Waals surface area contributed by atoms with Gasteiger partial charge in [0.05, 0.1) is 11.2 Å². The Bertz CT molecular complexity index is 1350. The number of H-pyrrole nitrogens is 2. The molecule has 1 saturated heterocycles. The Kier molecular flexibility index (Phi) is 6.02. The molecule has 2 aliphatic heterocycles. The molecule has 0 bridgehead atoms. The van der Waals surface area contributed by atoms with Crippen LogP contribution < -0.4 is 11.0 Å². The topological polar surface area (TPSA) is 132 Å². The number of pyridine rings is 1. The Morgan fingerprint density at radius 1 is 1.17 bits per heavy atom. The Morgan fingerprint density at radius 3 is 2.64 bits per heavy atom. The van der Waals surface area contributed by atoms with Gasteiger partial charge in [0.15, 0.2) is 5.65 Å². The van der Waals surface area contributed by atoms with E-state index < -0.39 is 30.7 Å². The fourth-order valence-corrected chi connectivity index (χ4v) is 4.74. The number of amides is 3. The maximum absolute atomic E-state index is 13.1. The molecular weight excluding hydrogens is 481 g/mol. The fraction of sp³-hybridized carbons (Fsp3) is 0.409. The summed E-state index contributed by atoms with van der Waals surface area (Å²) in [5, 5.41) is 9.10. The quantitative estimate of drug-likeness (QED) is 0.500. The van der Waals surface area contributed by atoms with Crippen molar-refractivity contribution in [1.29, 1.82) is 0 Å². The fourth-order valence-electron chi connectivity index (χ4n) is 4.74. The minimum Gasteiger partial charge on any atom is -0.326 e. The zero-order valence-corrected chi connectivity index (χ0v) is 19.0. The van der Waals surface area contributed by atoms with Crippen molar-refractivity contribution >= 4 is 28.7 Å².